The van der Waals surface area contributed by atoms with Crippen LogP contribution in [-0.4, -0.2) is 39.8 Å². The Balaban J connectivity index is 1.13. The number of aromatic amines is 1. The second-order valence-corrected chi connectivity index (χ2v) is 9.46. The Morgan fingerprint density at radius 2 is 1.88 bits per heavy atom. The monoisotopic (exact) mass is 476 g/mol. The molecule has 2 amide bonds. The van der Waals surface area contributed by atoms with Gasteiger partial charge < -0.3 is 15.2 Å². The molecule has 1 aliphatic heterocycles. The lowest BCUT2D eigenvalue weighted by Gasteiger charge is -2.31. The molecule has 0 radical (unpaired) electrons. The van der Waals surface area contributed by atoms with Crippen molar-refractivity contribution in [1.29, 1.82) is 0 Å². The summed E-state index contributed by atoms with van der Waals surface area (Å²) in [7, 11) is 0. The molecule has 1 aliphatic rings. The van der Waals surface area contributed by atoms with Crippen molar-refractivity contribution in [2.45, 2.75) is 31.7 Å². The van der Waals surface area contributed by atoms with E-state index < -0.39 is 0 Å². The highest BCUT2D eigenvalue weighted by molar-refractivity contribution is 7.09. The van der Waals surface area contributed by atoms with Crippen molar-refractivity contribution in [1.82, 2.24) is 20.2 Å². The number of halogens is 1. The number of H-pyrrole nitrogens is 1. The van der Waals surface area contributed by atoms with Crippen molar-refractivity contribution in [2.24, 2.45) is 0 Å². The number of fused-ring (bicyclic) bond motifs is 1. The molecular weight excluding hydrogens is 451 g/mol. The Hall–Kier alpha value is -3.52. The van der Waals surface area contributed by atoms with E-state index in [1.54, 1.807) is 17.5 Å². The first-order valence-electron chi connectivity index (χ1n) is 11.4. The second kappa shape index (κ2) is 9.77. The van der Waals surface area contributed by atoms with Crippen LogP contribution in [0, 0.1) is 5.82 Å². The first kappa shape index (κ1) is 22.3. The molecule has 6 nitrogen and oxygen atoms in total. The Morgan fingerprint density at radius 3 is 2.68 bits per heavy atom. The summed E-state index contributed by atoms with van der Waals surface area (Å²) in [6.45, 7) is 1.71. The van der Waals surface area contributed by atoms with Crippen LogP contribution >= 0.6 is 11.3 Å². The number of hydrogen-bond acceptors (Lipinski definition) is 4. The summed E-state index contributed by atoms with van der Waals surface area (Å²) in [5, 5.41) is 6.65. The third-order valence-electron chi connectivity index (χ3n) is 6.33. The maximum atomic E-state index is 13.0. The van der Waals surface area contributed by atoms with Crippen LogP contribution in [0.2, 0.25) is 0 Å². The van der Waals surface area contributed by atoms with Gasteiger partial charge in [0, 0.05) is 48.0 Å². The molecule has 5 rings (SSSR count). The number of para-hydroxylation sites is 1. The van der Waals surface area contributed by atoms with Gasteiger partial charge in [-0.15, -0.1) is 11.3 Å². The number of likely N-dealkylation sites (tertiary alicyclic amines) is 1. The molecule has 2 aromatic heterocycles. The van der Waals surface area contributed by atoms with Crippen LogP contribution in [0.5, 0.6) is 0 Å². The lowest BCUT2D eigenvalue weighted by atomic mass is 9.97. The first-order chi connectivity index (χ1) is 16.6. The molecule has 4 aromatic rings. The van der Waals surface area contributed by atoms with Crippen LogP contribution in [0.4, 0.5) is 4.39 Å². The van der Waals surface area contributed by atoms with Gasteiger partial charge in [-0.2, -0.15) is 0 Å². The zero-order chi connectivity index (χ0) is 23.5. The Labute approximate surface area is 200 Å². The molecule has 0 aliphatic carbocycles. The Kier molecular flexibility index (Phi) is 6.40. The predicted molar refractivity (Wildman–Crippen MR) is 130 cm³/mol. The van der Waals surface area contributed by atoms with E-state index >= 15 is 0 Å². The van der Waals surface area contributed by atoms with E-state index in [1.807, 2.05) is 35.4 Å². The average Bonchev–Trinajstić information content (AvgIpc) is 3.52. The highest BCUT2D eigenvalue weighted by Gasteiger charge is 2.26. The summed E-state index contributed by atoms with van der Waals surface area (Å²) in [5.41, 5.74) is 3.30. The highest BCUT2D eigenvalue weighted by atomic mass is 32.1. The minimum atomic E-state index is -0.301. The Bertz CT molecular complexity index is 1310. The minimum Gasteiger partial charge on any atom is -0.361 e. The standard InChI is InChI=1S/C26H25FN4O2S/c27-20-7-5-17(6-8-20)14-29-25(33)23-16-34-26(30-23)18-9-11-31(12-10-18)24(32)13-19-15-28-22-4-2-1-3-21(19)22/h1-8,15-16,18,28H,9-14H2,(H,29,33). The van der Waals surface area contributed by atoms with Gasteiger partial charge >= 0.3 is 0 Å². The molecule has 0 saturated carbocycles. The van der Waals surface area contributed by atoms with Gasteiger partial charge in [0.05, 0.1) is 11.4 Å². The number of carbonyl (C=O) groups is 2. The summed E-state index contributed by atoms with van der Waals surface area (Å²) in [6.07, 6.45) is 3.99. The van der Waals surface area contributed by atoms with E-state index in [0.717, 1.165) is 39.9 Å². The maximum Gasteiger partial charge on any atom is 0.271 e. The lowest BCUT2D eigenvalue weighted by Crippen LogP contribution is -2.38. The fourth-order valence-corrected chi connectivity index (χ4v) is 5.35. The zero-order valence-electron chi connectivity index (χ0n) is 18.6. The molecular formula is C26H25FN4O2S. The smallest absolute Gasteiger partial charge is 0.271 e. The average molecular weight is 477 g/mol. The fraction of sp³-hybridized carbons (Fsp3) is 0.269. The third kappa shape index (κ3) is 4.87. The van der Waals surface area contributed by atoms with Gasteiger partial charge in [-0.1, -0.05) is 30.3 Å². The van der Waals surface area contributed by atoms with E-state index in [0.29, 0.717) is 31.7 Å². The SMILES string of the molecule is O=C(NCc1ccc(F)cc1)c1csc(C2CCN(C(=O)Cc3c[nH]c4ccccc34)CC2)n1. The third-order valence-corrected chi connectivity index (χ3v) is 7.34. The number of nitrogens with one attached hydrogen (secondary N) is 2. The Morgan fingerprint density at radius 1 is 1.12 bits per heavy atom. The summed E-state index contributed by atoms with van der Waals surface area (Å²) < 4.78 is 13.0. The van der Waals surface area contributed by atoms with Gasteiger partial charge in [0.25, 0.3) is 5.91 Å². The predicted octanol–water partition coefficient (Wildman–Crippen LogP) is 4.64. The van der Waals surface area contributed by atoms with E-state index in [9.17, 15) is 14.0 Å². The van der Waals surface area contributed by atoms with Crippen molar-refractivity contribution < 1.29 is 14.0 Å². The number of aromatic nitrogens is 2. The van der Waals surface area contributed by atoms with Crippen LogP contribution in [0.1, 0.15) is 45.4 Å². The molecule has 0 spiro atoms. The summed E-state index contributed by atoms with van der Waals surface area (Å²) >= 11 is 1.49. The van der Waals surface area contributed by atoms with Crippen LogP contribution < -0.4 is 5.32 Å². The molecule has 2 N–H and O–H groups in total. The molecule has 174 valence electrons. The topological polar surface area (TPSA) is 78.1 Å². The zero-order valence-corrected chi connectivity index (χ0v) is 19.4. The van der Waals surface area contributed by atoms with Crippen molar-refractivity contribution in [2.75, 3.05) is 13.1 Å². The summed E-state index contributed by atoms with van der Waals surface area (Å²) in [5.74, 6) is -0.146. The number of nitrogens with zero attached hydrogens (tertiary/aromatic N) is 2. The second-order valence-electron chi connectivity index (χ2n) is 8.57. The van der Waals surface area contributed by atoms with Gasteiger partial charge in [-0.05, 0) is 42.2 Å². The molecule has 1 saturated heterocycles. The van der Waals surface area contributed by atoms with Gasteiger partial charge in [0.2, 0.25) is 5.91 Å². The number of carbonyl (C=O) groups excluding carboxylic acids is 2. The molecule has 8 heteroatoms. The molecule has 2 aromatic carbocycles. The van der Waals surface area contributed by atoms with Gasteiger partial charge in [-0.25, -0.2) is 9.37 Å². The minimum absolute atomic E-state index is 0.142. The van der Waals surface area contributed by atoms with Crippen LogP contribution in [0.3, 0.4) is 0 Å². The van der Waals surface area contributed by atoms with Crippen molar-refractivity contribution in [3.8, 4) is 0 Å². The molecule has 1 fully saturated rings. The fourth-order valence-electron chi connectivity index (χ4n) is 4.38. The quantitative estimate of drug-likeness (QED) is 0.426. The number of benzene rings is 2. The van der Waals surface area contributed by atoms with Crippen molar-refractivity contribution >= 4 is 34.1 Å². The van der Waals surface area contributed by atoms with E-state index in [-0.39, 0.29) is 23.5 Å². The molecule has 0 bridgehead atoms. The van der Waals surface area contributed by atoms with Crippen LogP contribution in [-0.2, 0) is 17.8 Å². The number of piperidine rings is 1. The first-order valence-corrected chi connectivity index (χ1v) is 12.3. The number of rotatable bonds is 6. The van der Waals surface area contributed by atoms with Crippen molar-refractivity contribution in [3.63, 3.8) is 0 Å². The molecule has 3 heterocycles. The number of amides is 2. The van der Waals surface area contributed by atoms with E-state index in [1.165, 1.54) is 23.5 Å². The summed E-state index contributed by atoms with van der Waals surface area (Å²) in [6, 6.07) is 14.1. The molecule has 0 unspecified atom stereocenters. The van der Waals surface area contributed by atoms with Crippen molar-refractivity contribution in [3.05, 3.63) is 87.8 Å². The highest BCUT2D eigenvalue weighted by Crippen LogP contribution is 2.31. The van der Waals surface area contributed by atoms with Gasteiger partial charge in [0.1, 0.15) is 11.5 Å². The van der Waals surface area contributed by atoms with Gasteiger partial charge in [0.15, 0.2) is 0 Å². The van der Waals surface area contributed by atoms with E-state index in [2.05, 4.69) is 15.3 Å². The largest absolute Gasteiger partial charge is 0.361 e. The van der Waals surface area contributed by atoms with Gasteiger partial charge in [-0.3, -0.25) is 9.59 Å². The van der Waals surface area contributed by atoms with Crippen LogP contribution in [0.25, 0.3) is 10.9 Å². The molecule has 0 atom stereocenters. The number of thiazole rings is 1. The molecule has 34 heavy (non-hydrogen) atoms. The maximum absolute atomic E-state index is 13.0. The number of hydrogen-bond donors (Lipinski definition) is 2. The van der Waals surface area contributed by atoms with E-state index in [4.69, 9.17) is 0 Å². The summed E-state index contributed by atoms with van der Waals surface area (Å²) in [4.78, 5) is 35.1. The lowest BCUT2D eigenvalue weighted by molar-refractivity contribution is -0.131. The normalized spacial score (nSPS) is 14.4. The van der Waals surface area contributed by atoms with Crippen LogP contribution in [0.15, 0.2) is 60.1 Å².